The van der Waals surface area contributed by atoms with Crippen LogP contribution in [-0.4, -0.2) is 19.6 Å². The smallest absolute Gasteiger partial charge is 0.181 e. The molecule has 0 aliphatic heterocycles. The first-order valence-corrected chi connectivity index (χ1v) is 6.38. The molecule has 0 N–H and O–H groups in total. The second-order valence-corrected chi connectivity index (χ2v) is 4.88. The number of aromatic nitrogens is 4. The first-order valence-electron chi connectivity index (χ1n) is 6.38. The fourth-order valence-corrected chi connectivity index (χ4v) is 2.39. The molecule has 0 fully saturated rings. The molecule has 5 nitrogen and oxygen atoms in total. The van der Waals surface area contributed by atoms with Crippen molar-refractivity contribution in [3.8, 4) is 11.3 Å². The molecule has 0 bridgehead atoms. The Balaban J connectivity index is 1.98. The van der Waals surface area contributed by atoms with Crippen LogP contribution >= 0.6 is 0 Å². The minimum atomic E-state index is 0.784. The van der Waals surface area contributed by atoms with Crippen molar-refractivity contribution in [1.82, 2.24) is 19.6 Å². The summed E-state index contributed by atoms with van der Waals surface area (Å²) in [5.41, 5.74) is 6.58. The van der Waals surface area contributed by atoms with Gasteiger partial charge in [0, 0.05) is 16.8 Å². The Morgan fingerprint density at radius 3 is 2.95 bits per heavy atom. The van der Waals surface area contributed by atoms with Crippen molar-refractivity contribution < 1.29 is 4.42 Å². The molecular formula is C15H12N4O. The molecule has 0 saturated heterocycles. The monoisotopic (exact) mass is 264 g/mol. The van der Waals surface area contributed by atoms with Crippen molar-refractivity contribution in [3.05, 3.63) is 48.1 Å². The van der Waals surface area contributed by atoms with Crippen LogP contribution in [0.15, 0.2) is 41.3 Å². The van der Waals surface area contributed by atoms with E-state index in [1.165, 1.54) is 6.39 Å². The second-order valence-electron chi connectivity index (χ2n) is 4.88. The third kappa shape index (κ3) is 1.53. The molecule has 5 heteroatoms. The molecule has 0 radical (unpaired) electrons. The molecule has 4 rings (SSSR count). The zero-order valence-corrected chi connectivity index (χ0v) is 11.2. The Morgan fingerprint density at radius 2 is 2.05 bits per heavy atom. The normalized spacial score (nSPS) is 11.5. The predicted molar refractivity (Wildman–Crippen MR) is 75.5 cm³/mol. The molecule has 4 aromatic rings. The quantitative estimate of drug-likeness (QED) is 0.530. The Morgan fingerprint density at radius 1 is 1.15 bits per heavy atom. The summed E-state index contributed by atoms with van der Waals surface area (Å²) in [6.45, 7) is 4.04. The van der Waals surface area contributed by atoms with E-state index < -0.39 is 0 Å². The molecule has 0 saturated carbocycles. The van der Waals surface area contributed by atoms with Crippen LogP contribution < -0.4 is 0 Å². The molecule has 0 unspecified atom stereocenters. The average Bonchev–Trinajstić information content (AvgIpc) is 3.05. The van der Waals surface area contributed by atoms with E-state index in [9.17, 15) is 0 Å². The highest BCUT2D eigenvalue weighted by molar-refractivity contribution is 5.79. The van der Waals surface area contributed by atoms with Gasteiger partial charge in [0.05, 0.1) is 11.9 Å². The Hall–Kier alpha value is -2.69. The molecule has 0 aliphatic rings. The maximum absolute atomic E-state index is 5.26. The van der Waals surface area contributed by atoms with E-state index in [0.29, 0.717) is 0 Å². The van der Waals surface area contributed by atoms with Crippen LogP contribution in [0.25, 0.3) is 28.0 Å². The molecule has 0 amide bonds. The lowest BCUT2D eigenvalue weighted by Gasteiger charge is -2.05. The van der Waals surface area contributed by atoms with E-state index in [1.54, 1.807) is 0 Å². The number of benzene rings is 1. The van der Waals surface area contributed by atoms with Crippen molar-refractivity contribution >= 4 is 16.7 Å². The number of nitrogens with zero attached hydrogens (tertiary/aromatic N) is 4. The zero-order chi connectivity index (χ0) is 13.7. The highest BCUT2D eigenvalue weighted by Gasteiger charge is 2.09. The van der Waals surface area contributed by atoms with E-state index in [-0.39, 0.29) is 0 Å². The van der Waals surface area contributed by atoms with Crippen LogP contribution in [0, 0.1) is 13.8 Å². The van der Waals surface area contributed by atoms with Crippen LogP contribution in [0.3, 0.4) is 0 Å². The lowest BCUT2D eigenvalue weighted by Crippen LogP contribution is -1.97. The van der Waals surface area contributed by atoms with E-state index in [4.69, 9.17) is 9.40 Å². The van der Waals surface area contributed by atoms with E-state index >= 15 is 0 Å². The van der Waals surface area contributed by atoms with Crippen LogP contribution in [0.2, 0.25) is 0 Å². The number of hydrogen-bond donors (Lipinski definition) is 0. The van der Waals surface area contributed by atoms with Crippen molar-refractivity contribution in [2.24, 2.45) is 0 Å². The molecular weight excluding hydrogens is 252 g/mol. The van der Waals surface area contributed by atoms with Gasteiger partial charge >= 0.3 is 0 Å². The van der Waals surface area contributed by atoms with Gasteiger partial charge in [-0.1, -0.05) is 0 Å². The predicted octanol–water partition coefficient (Wildman–Crippen LogP) is 3.15. The summed E-state index contributed by atoms with van der Waals surface area (Å²) < 4.78 is 7.12. The molecule has 98 valence electrons. The molecule has 20 heavy (non-hydrogen) atoms. The van der Waals surface area contributed by atoms with Gasteiger partial charge in [-0.15, -0.1) is 0 Å². The lowest BCUT2D eigenvalue weighted by molar-refractivity contribution is 0.602. The Labute approximate surface area is 114 Å². The molecule has 0 spiro atoms. The topological polar surface area (TPSA) is 56.2 Å². The highest BCUT2D eigenvalue weighted by Crippen LogP contribution is 2.24. The van der Waals surface area contributed by atoms with Crippen molar-refractivity contribution in [3.63, 3.8) is 0 Å². The Kier molecular flexibility index (Phi) is 2.18. The molecule has 3 aromatic heterocycles. The third-order valence-electron chi connectivity index (χ3n) is 3.45. The van der Waals surface area contributed by atoms with Gasteiger partial charge in [0.2, 0.25) is 0 Å². The van der Waals surface area contributed by atoms with Crippen molar-refractivity contribution in [2.45, 2.75) is 13.8 Å². The number of fused-ring (bicyclic) bond motifs is 2. The fourth-order valence-electron chi connectivity index (χ4n) is 2.39. The second kappa shape index (κ2) is 3.90. The van der Waals surface area contributed by atoms with E-state index in [2.05, 4.69) is 10.1 Å². The molecule has 0 atom stereocenters. The summed E-state index contributed by atoms with van der Waals surface area (Å²) in [5.74, 6) is 0. The Bertz CT molecular complexity index is 936. The van der Waals surface area contributed by atoms with E-state index in [1.807, 2.05) is 48.8 Å². The fraction of sp³-hybridized carbons (Fsp3) is 0.133. The van der Waals surface area contributed by atoms with Gasteiger partial charge in [-0.2, -0.15) is 5.10 Å². The summed E-state index contributed by atoms with van der Waals surface area (Å²) in [4.78, 5) is 8.88. The number of oxazole rings is 1. The first-order chi connectivity index (χ1) is 9.72. The lowest BCUT2D eigenvalue weighted by atomic mass is 10.1. The molecule has 0 aliphatic carbocycles. The van der Waals surface area contributed by atoms with Crippen LogP contribution in [0.1, 0.15) is 11.3 Å². The van der Waals surface area contributed by atoms with E-state index in [0.717, 1.165) is 39.3 Å². The average molecular weight is 264 g/mol. The highest BCUT2D eigenvalue weighted by atomic mass is 16.3. The minimum Gasteiger partial charge on any atom is -0.443 e. The van der Waals surface area contributed by atoms with Gasteiger partial charge in [0.25, 0.3) is 0 Å². The number of rotatable bonds is 1. The summed E-state index contributed by atoms with van der Waals surface area (Å²) >= 11 is 0. The SMILES string of the molecule is Cc1cnn2c(C)cc(-c3ccc4ocnc4c3)nc12. The zero-order valence-electron chi connectivity index (χ0n) is 11.2. The van der Waals surface area contributed by atoms with Crippen LogP contribution in [-0.2, 0) is 0 Å². The van der Waals surface area contributed by atoms with Crippen molar-refractivity contribution in [2.75, 3.05) is 0 Å². The van der Waals surface area contributed by atoms with Gasteiger partial charge in [-0.25, -0.2) is 14.5 Å². The van der Waals surface area contributed by atoms with Crippen molar-refractivity contribution in [1.29, 1.82) is 0 Å². The summed E-state index contributed by atoms with van der Waals surface area (Å²) in [6.07, 6.45) is 3.29. The van der Waals surface area contributed by atoms with Gasteiger partial charge in [-0.3, -0.25) is 0 Å². The summed E-state index contributed by atoms with van der Waals surface area (Å²) in [7, 11) is 0. The first kappa shape index (κ1) is 11.2. The van der Waals surface area contributed by atoms with Crippen LogP contribution in [0.4, 0.5) is 0 Å². The minimum absolute atomic E-state index is 0.784. The summed E-state index contributed by atoms with van der Waals surface area (Å²) in [6, 6.07) is 7.93. The standard InChI is InChI=1S/C15H12N4O/c1-9-7-17-19-10(2)5-12(18-15(9)19)11-3-4-14-13(6-11)16-8-20-14/h3-8H,1-2H3. The third-order valence-corrected chi connectivity index (χ3v) is 3.45. The molecule has 3 heterocycles. The summed E-state index contributed by atoms with van der Waals surface area (Å²) in [5, 5.41) is 4.32. The maximum Gasteiger partial charge on any atom is 0.181 e. The maximum atomic E-state index is 5.26. The molecule has 1 aromatic carbocycles. The number of aryl methyl sites for hydroxylation is 2. The van der Waals surface area contributed by atoms with Gasteiger partial charge in [0.15, 0.2) is 17.6 Å². The largest absolute Gasteiger partial charge is 0.443 e. The van der Waals surface area contributed by atoms with Gasteiger partial charge in [0.1, 0.15) is 5.52 Å². The van der Waals surface area contributed by atoms with Gasteiger partial charge in [-0.05, 0) is 38.1 Å². The van der Waals surface area contributed by atoms with Crippen LogP contribution in [0.5, 0.6) is 0 Å². The number of hydrogen-bond acceptors (Lipinski definition) is 4. The van der Waals surface area contributed by atoms with Gasteiger partial charge < -0.3 is 4.42 Å².